The maximum absolute atomic E-state index is 7.14. The van der Waals surface area contributed by atoms with E-state index in [0.29, 0.717) is 38.3 Å². The van der Waals surface area contributed by atoms with Gasteiger partial charge in [-0.15, -0.1) is 21.9 Å². The normalized spacial score (nSPS) is 11.7. The largest absolute Gasteiger partial charge is 0.456 e. The van der Waals surface area contributed by atoms with E-state index in [-0.39, 0.29) is 43.7 Å². The average Bonchev–Trinajstić information content (AvgIpc) is 3.62. The molecule has 1 aromatic heterocycles. The van der Waals surface area contributed by atoms with Crippen LogP contribution < -0.4 is 43.7 Å². The summed E-state index contributed by atoms with van der Waals surface area (Å²) in [5.41, 5.74) is 9.88. The standard InChI is InChI=1S/C48H22B8O/c49-41-37-35(29-14-7-6-13-28(29)25-19-17-24(18-20-25)23-9-2-1-3-10-23)38-40(44(52)48(56)46(54)42(38)50)36(39(37)43(51)47(55)45(41)53)30-15-8-16-32-34(30)31-21-26-11-4-5-12-27(26)22-33(31)57-32/h1-22H. The molecule has 0 unspecified atom stereocenters. The van der Waals surface area contributed by atoms with Crippen molar-refractivity contribution in [3.8, 4) is 44.5 Å². The van der Waals surface area contributed by atoms with E-state index >= 15 is 0 Å². The highest BCUT2D eigenvalue weighted by Gasteiger charge is 2.27. The Bertz CT molecular complexity index is 3240. The van der Waals surface area contributed by atoms with E-state index in [1.807, 2.05) is 72.8 Å². The molecule has 57 heavy (non-hydrogen) atoms. The van der Waals surface area contributed by atoms with Crippen molar-refractivity contribution in [2.24, 2.45) is 0 Å². The van der Waals surface area contributed by atoms with Gasteiger partial charge in [-0.25, -0.2) is 0 Å². The van der Waals surface area contributed by atoms with Crippen molar-refractivity contribution in [2.75, 3.05) is 0 Å². The molecule has 244 valence electrons. The number of benzene rings is 9. The summed E-state index contributed by atoms with van der Waals surface area (Å²) >= 11 is 0. The van der Waals surface area contributed by atoms with Crippen LogP contribution in [0.25, 0.3) is 98.8 Å². The van der Waals surface area contributed by atoms with Gasteiger partial charge in [0.15, 0.2) is 0 Å². The Labute approximate surface area is 341 Å². The van der Waals surface area contributed by atoms with Gasteiger partial charge in [-0.2, -0.15) is 0 Å². The van der Waals surface area contributed by atoms with Crippen molar-refractivity contribution < 1.29 is 4.42 Å². The first-order valence-corrected chi connectivity index (χ1v) is 18.5. The molecule has 1 nitrogen and oxygen atoms in total. The van der Waals surface area contributed by atoms with Crippen LogP contribution in [0.3, 0.4) is 0 Å². The third-order valence-electron chi connectivity index (χ3n) is 11.5. The van der Waals surface area contributed by atoms with Crippen LogP contribution in [0.5, 0.6) is 0 Å². The van der Waals surface area contributed by atoms with Crippen LogP contribution in [0.1, 0.15) is 0 Å². The Morgan fingerprint density at radius 3 is 1.32 bits per heavy atom. The molecule has 0 saturated carbocycles. The molecule has 0 atom stereocenters. The van der Waals surface area contributed by atoms with E-state index in [9.17, 15) is 0 Å². The van der Waals surface area contributed by atoms with Crippen LogP contribution in [-0.2, 0) is 0 Å². The van der Waals surface area contributed by atoms with E-state index in [0.717, 1.165) is 60.5 Å². The van der Waals surface area contributed by atoms with Gasteiger partial charge in [0.1, 0.15) is 73.9 Å². The van der Waals surface area contributed by atoms with Gasteiger partial charge < -0.3 is 4.42 Å². The smallest absolute Gasteiger partial charge is 0.136 e. The molecule has 10 aromatic rings. The zero-order valence-corrected chi connectivity index (χ0v) is 30.7. The minimum Gasteiger partial charge on any atom is -0.456 e. The Hall–Kier alpha value is -5.92. The lowest BCUT2D eigenvalue weighted by Gasteiger charge is -2.29. The average molecular weight is 701 g/mol. The SMILES string of the molecule is [B]c1c([B])c([B])c2c(-c3cccc4oc5cc6ccccc6cc5c34)c3c([B])c([B])c([B])c([B])c3c(-c3ccccc3-c3ccc(-c4ccccc4)cc3)c2c1[B]. The Morgan fingerprint density at radius 1 is 0.298 bits per heavy atom. The molecule has 0 saturated heterocycles. The highest BCUT2D eigenvalue weighted by atomic mass is 16.3. The second kappa shape index (κ2) is 13.3. The minimum atomic E-state index is 0.154. The predicted molar refractivity (Wildman–Crippen MR) is 251 cm³/mol. The van der Waals surface area contributed by atoms with E-state index < -0.39 is 0 Å². The quantitative estimate of drug-likeness (QED) is 0.200. The van der Waals surface area contributed by atoms with Gasteiger partial charge in [0, 0.05) is 10.8 Å². The maximum Gasteiger partial charge on any atom is 0.136 e. The summed E-state index contributed by atoms with van der Waals surface area (Å²) in [6.07, 6.45) is 0. The van der Waals surface area contributed by atoms with E-state index in [2.05, 4.69) is 60.7 Å². The third-order valence-corrected chi connectivity index (χ3v) is 11.5. The molecule has 0 aliphatic heterocycles. The summed E-state index contributed by atoms with van der Waals surface area (Å²) in [5.74, 6) is 0. The summed E-state index contributed by atoms with van der Waals surface area (Å²) in [6.45, 7) is 0. The lowest BCUT2D eigenvalue weighted by Crippen LogP contribution is -2.50. The first kappa shape index (κ1) is 35.5. The van der Waals surface area contributed by atoms with Crippen molar-refractivity contribution >= 4 is 161 Å². The van der Waals surface area contributed by atoms with E-state index in [1.165, 1.54) is 0 Å². The number of hydrogen-bond donors (Lipinski definition) is 0. The van der Waals surface area contributed by atoms with Crippen LogP contribution in [0.2, 0.25) is 0 Å². The number of rotatable bonds is 4. The van der Waals surface area contributed by atoms with E-state index in [1.54, 1.807) is 0 Å². The van der Waals surface area contributed by atoms with Crippen molar-refractivity contribution in [1.82, 2.24) is 0 Å². The zero-order chi connectivity index (χ0) is 39.3. The molecule has 0 amide bonds. The highest BCUT2D eigenvalue weighted by Crippen LogP contribution is 2.47. The maximum atomic E-state index is 7.14. The second-order valence-electron chi connectivity index (χ2n) is 14.5. The van der Waals surface area contributed by atoms with Gasteiger partial charge in [-0.3, -0.25) is 0 Å². The van der Waals surface area contributed by atoms with Crippen LogP contribution in [-0.4, -0.2) is 62.8 Å². The van der Waals surface area contributed by atoms with Gasteiger partial charge >= 0.3 is 0 Å². The van der Waals surface area contributed by atoms with Crippen LogP contribution in [0.4, 0.5) is 0 Å². The molecule has 0 N–H and O–H groups in total. The molecule has 9 aromatic carbocycles. The Balaban J connectivity index is 1.39. The number of fused-ring (bicyclic) bond motifs is 6. The molecule has 0 bridgehead atoms. The molecule has 10 rings (SSSR count). The van der Waals surface area contributed by atoms with Gasteiger partial charge in [-0.05, 0) is 95.0 Å². The summed E-state index contributed by atoms with van der Waals surface area (Å²) in [7, 11) is 55.4. The molecular weight excluding hydrogens is 679 g/mol. The molecular formula is C48H22B8O. The van der Waals surface area contributed by atoms with Crippen molar-refractivity contribution in [1.29, 1.82) is 0 Å². The van der Waals surface area contributed by atoms with Crippen LogP contribution >= 0.6 is 0 Å². The number of hydrogen-bond acceptors (Lipinski definition) is 1. The molecule has 0 aliphatic rings. The van der Waals surface area contributed by atoms with Gasteiger partial charge in [0.25, 0.3) is 0 Å². The predicted octanol–water partition coefficient (Wildman–Crippen LogP) is 4.06. The first-order chi connectivity index (χ1) is 27.6. The Kier molecular flexibility index (Phi) is 8.31. The molecule has 1 heterocycles. The first-order valence-electron chi connectivity index (χ1n) is 18.5. The minimum absolute atomic E-state index is 0.154. The van der Waals surface area contributed by atoms with Crippen LogP contribution in [0.15, 0.2) is 138 Å². The third kappa shape index (κ3) is 5.28. The fourth-order valence-electron chi connectivity index (χ4n) is 8.63. The van der Waals surface area contributed by atoms with Gasteiger partial charge in [-0.1, -0.05) is 137 Å². The molecule has 9 heteroatoms. The monoisotopic (exact) mass is 702 g/mol. The second-order valence-corrected chi connectivity index (χ2v) is 14.5. The topological polar surface area (TPSA) is 13.1 Å². The fraction of sp³-hybridized carbons (Fsp3) is 0. The summed E-state index contributed by atoms with van der Waals surface area (Å²) < 4.78 is 6.53. The zero-order valence-electron chi connectivity index (χ0n) is 30.7. The highest BCUT2D eigenvalue weighted by molar-refractivity contribution is 6.71. The number of furan rings is 1. The Morgan fingerprint density at radius 2 is 0.737 bits per heavy atom. The van der Waals surface area contributed by atoms with Crippen LogP contribution in [0, 0.1) is 0 Å². The van der Waals surface area contributed by atoms with Crippen molar-refractivity contribution in [3.05, 3.63) is 133 Å². The molecule has 0 aliphatic carbocycles. The summed E-state index contributed by atoms with van der Waals surface area (Å²) in [5, 5.41) is 6.07. The van der Waals surface area contributed by atoms with Gasteiger partial charge in [0.2, 0.25) is 0 Å². The van der Waals surface area contributed by atoms with Crippen molar-refractivity contribution in [2.45, 2.75) is 0 Å². The van der Waals surface area contributed by atoms with Gasteiger partial charge in [0.05, 0.1) is 0 Å². The lowest BCUT2D eigenvalue weighted by molar-refractivity contribution is 0.669. The van der Waals surface area contributed by atoms with E-state index in [4.69, 9.17) is 67.2 Å². The summed E-state index contributed by atoms with van der Waals surface area (Å²) in [6, 6.07) is 44.9. The van der Waals surface area contributed by atoms with Crippen molar-refractivity contribution in [3.63, 3.8) is 0 Å². The fourth-order valence-corrected chi connectivity index (χ4v) is 8.63. The lowest BCUT2D eigenvalue weighted by atomic mass is 9.59. The summed E-state index contributed by atoms with van der Waals surface area (Å²) in [4.78, 5) is 0. The molecule has 16 radical (unpaired) electrons. The molecule has 0 spiro atoms. The molecule has 0 fully saturated rings.